The first-order valence-electron chi connectivity index (χ1n) is 45.2. The number of aromatic nitrogens is 15. The van der Waals surface area contributed by atoms with Gasteiger partial charge in [0.2, 0.25) is 0 Å². The number of halogens is 2. The minimum absolute atomic E-state index is 0.0989. The van der Waals surface area contributed by atoms with Gasteiger partial charge in [-0.05, 0) is 177 Å². The second kappa shape index (κ2) is 52.3. The van der Waals surface area contributed by atoms with E-state index in [-0.39, 0.29) is 24.3 Å². The van der Waals surface area contributed by atoms with E-state index >= 15 is 0 Å². The molecule has 710 valence electrons. The molecule has 9 heterocycles. The number of benzene rings is 7. The number of rotatable bonds is 36. The number of carbonyl (C=O) groups excluding carboxylic acids is 3. The number of ether oxygens (including phenoxy) is 6. The number of carbonyl (C=O) groups is 4. The van der Waals surface area contributed by atoms with Crippen LogP contribution in [0.15, 0.2) is 250 Å². The predicted octanol–water partition coefficient (Wildman–Crippen LogP) is 19.5. The largest absolute Gasteiger partial charge is 0.496 e. The fourth-order valence-electron chi connectivity index (χ4n) is 15.1. The number of fused-ring (bicyclic) bond motifs is 3. The van der Waals surface area contributed by atoms with Gasteiger partial charge in [-0.25, -0.2) is 33.5 Å². The van der Waals surface area contributed by atoms with Gasteiger partial charge in [-0.3, -0.25) is 19.2 Å². The normalized spacial score (nSPS) is 10.8. The molecule has 16 aromatic rings. The van der Waals surface area contributed by atoms with Crippen molar-refractivity contribution in [2.45, 2.75) is 140 Å². The van der Waals surface area contributed by atoms with Gasteiger partial charge >= 0.3 is 23.9 Å². The minimum atomic E-state index is -0.802. The van der Waals surface area contributed by atoms with Crippen molar-refractivity contribution < 1.29 is 52.7 Å². The standard InChI is InChI=1S/C31H34N6O3.C29H30N6O3.C18H16ClN5O.C13H19NO2.C7H9N.C6H11BrO2/c1-5-40-29(38)13-9-17-35(21-24-11-7-6-8-12-24)28-19-22(2)33-31-30(23(3)34-37(28)31)26-15-14-25(20-27(26)39-4)36-18-10-16-32-36;1-20-17-26(33(15-7-11-27(36)37)19-22-9-5-4-6-10-22)35-29(31-20)28(21(2)32-35)24-13-12-23(18-25(24)38-3)34-16-8-14-30-34;1-11-9-16(19)24-18(21-11)17(12(2)22-24)14-6-5-13(10-15(14)25-3)23-8-4-7-20-23;1-2-16-13(15)9-6-10-14-11-12-7-4-3-5-8-12;8-6-7-4-2-1-3-5-7;1-2-9-6(8)4-3-5-7/h6-8,10-12,14-16,18-20H,5,9,13,17,21H2,1-4H3;4-6,8-10,12-14,16-18H,7,11,15,19H2,1-3H3,(H,36,37);4-10H,1-3H3;3-5,7-8,14H,2,6,9-11H2,1H3;1-5H,6,8H2;2-5H2,1H3. The summed E-state index contributed by atoms with van der Waals surface area (Å²) in [6.45, 7) is 23.4. The summed E-state index contributed by atoms with van der Waals surface area (Å²) in [5.41, 5.74) is 25.5. The third-order valence-corrected chi connectivity index (χ3v) is 22.2. The molecule has 0 saturated heterocycles. The number of carboxylic acids is 1. The zero-order chi connectivity index (χ0) is 96.8. The van der Waals surface area contributed by atoms with Crippen LogP contribution in [0.4, 0.5) is 11.6 Å². The Balaban J connectivity index is 0.000000170. The Morgan fingerprint density at radius 2 is 0.772 bits per heavy atom. The maximum Gasteiger partial charge on any atom is 0.305 e. The number of hydrogen-bond acceptors (Lipinski definition) is 23. The molecule has 0 aliphatic rings. The smallest absolute Gasteiger partial charge is 0.305 e. The molecular weight excluding hydrogens is 1810 g/mol. The van der Waals surface area contributed by atoms with Gasteiger partial charge in [-0.2, -0.15) is 39.6 Å². The second-order valence-corrected chi connectivity index (χ2v) is 32.6. The van der Waals surface area contributed by atoms with Gasteiger partial charge < -0.3 is 54.4 Å². The van der Waals surface area contributed by atoms with Gasteiger partial charge in [0.05, 0.1) is 92.0 Å². The van der Waals surface area contributed by atoms with E-state index in [1.54, 1.807) is 64.5 Å². The SMILES string of the molecule is CCOC(=O)CCCBr.CCOC(=O)CCCN(Cc1ccccc1)c1cc(C)nc2c(-c3ccc(-n4cccn4)cc3OC)c(C)nn12.CCOC(=O)CCCNCc1ccccc1.COc1cc(-n2cccn2)ccc1-c1c(C)nn2c(Cl)cc(C)nc12.COc1cc(-n2cccn2)ccc1-c1c(C)nn2c(N(CCCC(=O)O)Cc3ccccc3)cc(C)nc12.NCc1ccccc1. The van der Waals surface area contributed by atoms with Gasteiger partial charge in [0.1, 0.15) is 34.0 Å². The zero-order valence-corrected chi connectivity index (χ0v) is 81.4. The second-order valence-electron chi connectivity index (χ2n) is 31.4. The number of anilines is 2. The Morgan fingerprint density at radius 3 is 1.12 bits per heavy atom. The van der Waals surface area contributed by atoms with Gasteiger partial charge in [0, 0.05) is 172 Å². The molecule has 0 aliphatic heterocycles. The minimum Gasteiger partial charge on any atom is -0.496 e. The van der Waals surface area contributed by atoms with E-state index in [0.29, 0.717) is 107 Å². The zero-order valence-electron chi connectivity index (χ0n) is 79.1. The Hall–Kier alpha value is -14.4. The molecule has 30 nitrogen and oxygen atoms in total. The highest BCUT2D eigenvalue weighted by atomic mass is 79.9. The lowest BCUT2D eigenvalue weighted by Crippen LogP contribution is -2.27. The summed E-state index contributed by atoms with van der Waals surface area (Å²) in [6, 6.07) is 70.1. The molecule has 0 aliphatic carbocycles. The van der Waals surface area contributed by atoms with E-state index in [0.717, 1.165) is 150 Å². The summed E-state index contributed by atoms with van der Waals surface area (Å²) in [7, 11) is 4.97. The van der Waals surface area contributed by atoms with Crippen molar-refractivity contribution >= 4 is 80.0 Å². The Bertz CT molecular complexity index is 6470. The van der Waals surface area contributed by atoms with Gasteiger partial charge in [-0.1, -0.05) is 149 Å². The van der Waals surface area contributed by atoms with Crippen LogP contribution >= 0.6 is 27.5 Å². The van der Waals surface area contributed by atoms with Crippen LogP contribution in [0.3, 0.4) is 0 Å². The molecule has 0 unspecified atom stereocenters. The van der Waals surface area contributed by atoms with Gasteiger partial charge in [0.15, 0.2) is 16.9 Å². The molecule has 0 atom stereocenters. The van der Waals surface area contributed by atoms with Crippen LogP contribution in [0.25, 0.3) is 67.4 Å². The van der Waals surface area contributed by atoms with Crippen molar-refractivity contribution in [3.63, 3.8) is 0 Å². The van der Waals surface area contributed by atoms with Crippen molar-refractivity contribution in [1.29, 1.82) is 0 Å². The molecule has 0 amide bonds. The molecule has 0 fully saturated rings. The number of alkyl halides is 1. The van der Waals surface area contributed by atoms with Crippen molar-refractivity contribution in [2.75, 3.05) is 75.9 Å². The van der Waals surface area contributed by atoms with Crippen molar-refractivity contribution in [2.24, 2.45) is 5.73 Å². The average molecular weight is 1930 g/mol. The molecule has 136 heavy (non-hydrogen) atoms. The van der Waals surface area contributed by atoms with Crippen molar-refractivity contribution in [1.82, 2.24) is 78.5 Å². The van der Waals surface area contributed by atoms with E-state index in [1.165, 1.54) is 16.7 Å². The van der Waals surface area contributed by atoms with Crippen LogP contribution in [0.2, 0.25) is 5.15 Å². The predicted molar refractivity (Wildman–Crippen MR) is 535 cm³/mol. The quantitative estimate of drug-likeness (QED) is 0.0108. The fraction of sp³-hybridized carbons (Fsp3) is 0.298. The Labute approximate surface area is 806 Å². The molecule has 16 rings (SSSR count). The van der Waals surface area contributed by atoms with E-state index < -0.39 is 5.97 Å². The van der Waals surface area contributed by atoms with Crippen LogP contribution < -0.4 is 35.1 Å². The number of hydrogen-bond donors (Lipinski definition) is 3. The molecule has 9 aromatic heterocycles. The molecule has 7 aromatic carbocycles. The van der Waals surface area contributed by atoms with E-state index in [9.17, 15) is 24.3 Å². The van der Waals surface area contributed by atoms with Crippen molar-refractivity contribution in [3.05, 3.63) is 311 Å². The number of aryl methyl sites for hydroxylation is 6. The molecule has 4 N–H and O–H groups in total. The number of carboxylic acid groups (broad SMARTS) is 1. The lowest BCUT2D eigenvalue weighted by Gasteiger charge is -2.25. The van der Waals surface area contributed by atoms with Crippen LogP contribution in [-0.2, 0) is 59.6 Å². The first-order valence-corrected chi connectivity index (χ1v) is 46.7. The summed E-state index contributed by atoms with van der Waals surface area (Å²) in [6.07, 6.45) is 15.2. The number of nitrogens with zero attached hydrogens (tertiary/aromatic N) is 17. The summed E-state index contributed by atoms with van der Waals surface area (Å²) in [5.74, 6) is 2.73. The number of nitrogens with two attached hydrogens (primary N) is 1. The van der Waals surface area contributed by atoms with Gasteiger partial charge in [0.25, 0.3) is 0 Å². The molecule has 0 saturated carbocycles. The summed E-state index contributed by atoms with van der Waals surface area (Å²) in [4.78, 5) is 63.8. The van der Waals surface area contributed by atoms with Crippen LogP contribution in [0, 0.1) is 41.5 Å². The highest BCUT2D eigenvalue weighted by molar-refractivity contribution is 9.09. The number of methoxy groups -OCH3 is 3. The molecule has 0 spiro atoms. The Kier molecular flexibility index (Phi) is 39.3. The molecular formula is C104H119BrClN19O11. The van der Waals surface area contributed by atoms with Crippen LogP contribution in [0.5, 0.6) is 17.2 Å². The first kappa shape index (κ1) is 102. The van der Waals surface area contributed by atoms with Crippen molar-refractivity contribution in [3.8, 4) is 67.7 Å². The number of aliphatic carboxylic acids is 1. The summed E-state index contributed by atoms with van der Waals surface area (Å²) < 4.78 is 42.7. The molecule has 0 bridgehead atoms. The van der Waals surface area contributed by atoms with E-state index in [1.807, 2.05) is 254 Å². The van der Waals surface area contributed by atoms with Gasteiger partial charge in [-0.15, -0.1) is 0 Å². The fourth-order valence-corrected chi connectivity index (χ4v) is 15.7. The molecule has 32 heteroatoms. The first-order chi connectivity index (χ1) is 66.1. The monoisotopic (exact) mass is 1920 g/mol. The number of esters is 3. The van der Waals surface area contributed by atoms with Crippen LogP contribution in [0.1, 0.15) is 129 Å². The maximum absolute atomic E-state index is 12.1. The number of nitrogens with one attached hydrogen (secondary N) is 1. The van der Waals surface area contributed by atoms with Crippen LogP contribution in [-0.4, -0.2) is 168 Å². The Morgan fingerprint density at radius 1 is 0.426 bits per heavy atom. The third kappa shape index (κ3) is 28.6. The van der Waals surface area contributed by atoms with E-state index in [2.05, 4.69) is 104 Å². The highest BCUT2D eigenvalue weighted by Gasteiger charge is 2.27. The van der Waals surface area contributed by atoms with E-state index in [4.69, 9.17) is 61.2 Å². The average Bonchev–Trinajstić information content (AvgIpc) is 1.59. The topological polar surface area (TPSA) is 332 Å². The highest BCUT2D eigenvalue weighted by Crippen LogP contribution is 2.41. The summed E-state index contributed by atoms with van der Waals surface area (Å²) in [5, 5.41) is 41.2. The third-order valence-electron chi connectivity index (χ3n) is 21.4. The lowest BCUT2D eigenvalue weighted by molar-refractivity contribution is -0.144. The lowest BCUT2D eigenvalue weighted by atomic mass is 10.0. The molecule has 0 radical (unpaired) electrons. The summed E-state index contributed by atoms with van der Waals surface area (Å²) >= 11 is 9.54. The maximum atomic E-state index is 12.1.